The van der Waals surface area contributed by atoms with Crippen molar-refractivity contribution in [1.29, 1.82) is 0 Å². The van der Waals surface area contributed by atoms with Crippen LogP contribution in [-0.2, 0) is 0 Å². The van der Waals surface area contributed by atoms with Crippen LogP contribution in [0.4, 0.5) is 4.39 Å². The van der Waals surface area contributed by atoms with E-state index in [1.807, 2.05) is 14.1 Å². The van der Waals surface area contributed by atoms with Gasteiger partial charge in [-0.25, -0.2) is 9.38 Å². The topological polar surface area (TPSA) is 15.6 Å². The summed E-state index contributed by atoms with van der Waals surface area (Å²) in [6.45, 7) is 3.03. The molecule has 0 aromatic heterocycles. The van der Waals surface area contributed by atoms with E-state index in [1.54, 1.807) is 18.2 Å². The summed E-state index contributed by atoms with van der Waals surface area (Å²) in [4.78, 5) is 5.59. The van der Waals surface area contributed by atoms with Crippen molar-refractivity contribution >= 4 is 6.34 Å². The maximum absolute atomic E-state index is 12.3. The molecular formula is C7H13FN2. The summed E-state index contributed by atoms with van der Waals surface area (Å²) in [7, 11) is 3.68. The number of nitrogens with zero attached hydrogens (tertiary/aromatic N) is 2. The number of hydrogen-bond acceptors (Lipinski definition) is 1. The first-order valence-corrected chi connectivity index (χ1v) is 3.07. The number of rotatable bonds is 2. The van der Waals surface area contributed by atoms with Crippen LogP contribution in [0, 0.1) is 0 Å². The van der Waals surface area contributed by atoms with Crippen molar-refractivity contribution in [2.45, 2.75) is 13.8 Å². The Morgan fingerprint density at radius 2 is 1.90 bits per heavy atom. The zero-order chi connectivity index (χ0) is 8.15. The molecule has 0 atom stereocenters. The van der Waals surface area contributed by atoms with E-state index in [2.05, 4.69) is 4.99 Å². The minimum atomic E-state index is -0.238. The van der Waals surface area contributed by atoms with Gasteiger partial charge in [0.1, 0.15) is 5.83 Å². The van der Waals surface area contributed by atoms with E-state index in [0.29, 0.717) is 5.70 Å². The third-order valence-electron chi connectivity index (χ3n) is 0.981. The monoisotopic (exact) mass is 144 g/mol. The van der Waals surface area contributed by atoms with Crippen LogP contribution >= 0.6 is 0 Å². The van der Waals surface area contributed by atoms with Crippen LogP contribution in [0.15, 0.2) is 16.5 Å². The maximum atomic E-state index is 12.3. The third-order valence-corrected chi connectivity index (χ3v) is 0.981. The van der Waals surface area contributed by atoms with Gasteiger partial charge in [-0.1, -0.05) is 0 Å². The average molecular weight is 144 g/mol. The molecule has 0 amide bonds. The highest BCUT2D eigenvalue weighted by atomic mass is 19.1. The Kier molecular flexibility index (Phi) is 3.69. The third kappa shape index (κ3) is 4.06. The van der Waals surface area contributed by atoms with Gasteiger partial charge in [0.2, 0.25) is 0 Å². The van der Waals surface area contributed by atoms with Crippen molar-refractivity contribution in [2.24, 2.45) is 4.99 Å². The first-order chi connectivity index (χ1) is 4.54. The lowest BCUT2D eigenvalue weighted by Gasteiger charge is -2.01. The smallest absolute Gasteiger partial charge is 0.118 e. The fourth-order valence-corrected chi connectivity index (χ4v) is 0.291. The second-order valence-electron chi connectivity index (χ2n) is 2.33. The molecule has 0 heterocycles. The fraction of sp³-hybridized carbons (Fsp3) is 0.571. The van der Waals surface area contributed by atoms with Gasteiger partial charge >= 0.3 is 0 Å². The summed E-state index contributed by atoms with van der Waals surface area (Å²) < 4.78 is 12.3. The van der Waals surface area contributed by atoms with Crippen LogP contribution < -0.4 is 0 Å². The van der Waals surface area contributed by atoms with Gasteiger partial charge in [0.05, 0.1) is 12.0 Å². The molecule has 0 aliphatic rings. The van der Waals surface area contributed by atoms with Crippen LogP contribution in [0.3, 0.4) is 0 Å². The van der Waals surface area contributed by atoms with Crippen molar-refractivity contribution in [3.05, 3.63) is 11.5 Å². The highest BCUT2D eigenvalue weighted by molar-refractivity contribution is 5.55. The zero-order valence-electron chi connectivity index (χ0n) is 6.85. The Hall–Kier alpha value is -0.860. The molecule has 0 unspecified atom stereocenters. The van der Waals surface area contributed by atoms with E-state index < -0.39 is 0 Å². The first-order valence-electron chi connectivity index (χ1n) is 3.07. The van der Waals surface area contributed by atoms with Gasteiger partial charge in [0.25, 0.3) is 0 Å². The molecule has 3 heteroatoms. The minimum Gasteiger partial charge on any atom is -0.369 e. The molecule has 10 heavy (non-hydrogen) atoms. The first kappa shape index (κ1) is 9.14. The van der Waals surface area contributed by atoms with Crippen molar-refractivity contribution in [3.63, 3.8) is 0 Å². The normalized spacial score (nSPS) is 13.7. The summed E-state index contributed by atoms with van der Waals surface area (Å²) >= 11 is 0. The predicted molar refractivity (Wildman–Crippen MR) is 41.7 cm³/mol. The molecule has 0 saturated carbocycles. The van der Waals surface area contributed by atoms with Crippen molar-refractivity contribution in [2.75, 3.05) is 14.1 Å². The molecule has 0 aliphatic carbocycles. The predicted octanol–water partition coefficient (Wildman–Crippen LogP) is 1.80. The van der Waals surface area contributed by atoms with Gasteiger partial charge in [0.15, 0.2) is 0 Å². The van der Waals surface area contributed by atoms with Crippen LogP contribution in [0.25, 0.3) is 0 Å². The molecule has 0 fully saturated rings. The molecule has 0 aromatic rings. The Morgan fingerprint density at radius 1 is 1.40 bits per heavy atom. The molecule has 58 valence electrons. The maximum Gasteiger partial charge on any atom is 0.118 e. The average Bonchev–Trinajstić information content (AvgIpc) is 1.82. The summed E-state index contributed by atoms with van der Waals surface area (Å²) in [5, 5.41) is 0. The lowest BCUT2D eigenvalue weighted by Crippen LogP contribution is -2.07. The number of aliphatic imine (C=N–C) groups is 1. The van der Waals surface area contributed by atoms with Crippen molar-refractivity contribution in [1.82, 2.24) is 4.90 Å². The van der Waals surface area contributed by atoms with Crippen molar-refractivity contribution in [3.8, 4) is 0 Å². The Labute approximate surface area is 61.1 Å². The van der Waals surface area contributed by atoms with Gasteiger partial charge < -0.3 is 4.90 Å². The molecule has 0 N–H and O–H groups in total. The molecule has 0 bridgehead atoms. The summed E-state index contributed by atoms with van der Waals surface area (Å²) in [6, 6.07) is 0. The Bertz CT molecular complexity index is 155. The molecule has 0 radical (unpaired) electrons. The van der Waals surface area contributed by atoms with E-state index in [-0.39, 0.29) is 5.83 Å². The summed E-state index contributed by atoms with van der Waals surface area (Å²) in [5.74, 6) is -0.238. The largest absolute Gasteiger partial charge is 0.369 e. The highest BCUT2D eigenvalue weighted by Gasteiger charge is 1.89. The lowest BCUT2D eigenvalue weighted by atomic mass is 10.4. The lowest BCUT2D eigenvalue weighted by molar-refractivity contribution is 0.619. The van der Waals surface area contributed by atoms with Gasteiger partial charge in [-0.15, -0.1) is 0 Å². The fourth-order valence-electron chi connectivity index (χ4n) is 0.291. The van der Waals surface area contributed by atoms with Gasteiger partial charge in [-0.3, -0.25) is 0 Å². The number of halogens is 1. The molecule has 0 rings (SSSR count). The van der Waals surface area contributed by atoms with Crippen LogP contribution in [0.1, 0.15) is 13.8 Å². The second-order valence-corrected chi connectivity index (χ2v) is 2.33. The zero-order valence-corrected chi connectivity index (χ0v) is 6.85. The second kappa shape index (κ2) is 4.04. The Morgan fingerprint density at radius 3 is 2.20 bits per heavy atom. The van der Waals surface area contributed by atoms with E-state index in [0.717, 1.165) is 0 Å². The van der Waals surface area contributed by atoms with Crippen LogP contribution in [0.2, 0.25) is 0 Å². The molecule has 0 aromatic carbocycles. The molecule has 2 nitrogen and oxygen atoms in total. The Balaban J connectivity index is 4.03. The SMILES string of the molecule is CC(F)=C(C)N=CN(C)C. The molecular weight excluding hydrogens is 131 g/mol. The van der Waals surface area contributed by atoms with Crippen LogP contribution in [-0.4, -0.2) is 25.3 Å². The van der Waals surface area contributed by atoms with E-state index >= 15 is 0 Å². The molecule has 0 aliphatic heterocycles. The number of hydrogen-bond donors (Lipinski definition) is 0. The van der Waals surface area contributed by atoms with Crippen LogP contribution in [0.5, 0.6) is 0 Å². The van der Waals surface area contributed by atoms with Gasteiger partial charge in [-0.05, 0) is 13.8 Å². The van der Waals surface area contributed by atoms with E-state index in [1.165, 1.54) is 6.92 Å². The highest BCUT2D eigenvalue weighted by Crippen LogP contribution is 2.03. The standard InChI is InChI=1S/C7H13FN2/c1-6(8)7(2)9-5-10(3)4/h5H,1-4H3. The van der Waals surface area contributed by atoms with Gasteiger partial charge in [0, 0.05) is 14.1 Å². The number of allylic oxidation sites excluding steroid dienone is 2. The van der Waals surface area contributed by atoms with Crippen molar-refractivity contribution < 1.29 is 4.39 Å². The van der Waals surface area contributed by atoms with E-state index in [4.69, 9.17) is 0 Å². The quantitative estimate of drug-likeness (QED) is 0.426. The summed E-state index contributed by atoms with van der Waals surface area (Å²) in [5.41, 5.74) is 0.425. The minimum absolute atomic E-state index is 0.238. The molecule has 0 spiro atoms. The van der Waals surface area contributed by atoms with Gasteiger partial charge in [-0.2, -0.15) is 0 Å². The van der Waals surface area contributed by atoms with E-state index in [9.17, 15) is 4.39 Å². The summed E-state index contributed by atoms with van der Waals surface area (Å²) in [6.07, 6.45) is 1.57. The molecule has 0 saturated heterocycles.